The van der Waals surface area contributed by atoms with Crippen molar-refractivity contribution < 1.29 is 9.21 Å². The van der Waals surface area contributed by atoms with Crippen molar-refractivity contribution in [2.24, 2.45) is 0 Å². The van der Waals surface area contributed by atoms with E-state index in [-0.39, 0.29) is 22.9 Å². The van der Waals surface area contributed by atoms with Crippen LogP contribution in [-0.4, -0.2) is 29.2 Å². The molecule has 1 heterocycles. The van der Waals surface area contributed by atoms with Gasteiger partial charge in [0, 0.05) is 18.4 Å². The Hall–Kier alpha value is -0.480. The Balaban J connectivity index is 2.75. The molecule has 0 aliphatic rings. The van der Waals surface area contributed by atoms with Gasteiger partial charge in [0.15, 0.2) is 11.0 Å². The van der Waals surface area contributed by atoms with Gasteiger partial charge in [-0.25, -0.2) is 0 Å². The SMILES string of the molecule is CC(CBr)N(C)C(=O)c1ccc(Cl)o1. The van der Waals surface area contributed by atoms with Crippen molar-refractivity contribution in [1.82, 2.24) is 4.90 Å². The van der Waals surface area contributed by atoms with Crippen LogP contribution in [0, 0.1) is 0 Å². The Morgan fingerprint density at radius 2 is 2.36 bits per heavy atom. The molecule has 1 amide bonds. The van der Waals surface area contributed by atoms with Crippen LogP contribution in [0.5, 0.6) is 0 Å². The summed E-state index contributed by atoms with van der Waals surface area (Å²) in [6.45, 7) is 1.94. The maximum atomic E-state index is 11.7. The number of alkyl halides is 1. The summed E-state index contributed by atoms with van der Waals surface area (Å²) in [5.74, 6) is 0.106. The zero-order chi connectivity index (χ0) is 10.7. The topological polar surface area (TPSA) is 33.5 Å². The first-order valence-electron chi connectivity index (χ1n) is 4.14. The highest BCUT2D eigenvalue weighted by atomic mass is 79.9. The average molecular weight is 281 g/mol. The second-order valence-corrected chi connectivity index (χ2v) is 4.04. The minimum Gasteiger partial charge on any atom is -0.440 e. The van der Waals surface area contributed by atoms with E-state index in [1.54, 1.807) is 24.1 Å². The Kier molecular flexibility index (Phi) is 4.01. The van der Waals surface area contributed by atoms with Gasteiger partial charge in [-0.3, -0.25) is 4.79 Å². The highest BCUT2D eigenvalue weighted by Gasteiger charge is 2.19. The van der Waals surface area contributed by atoms with E-state index in [0.29, 0.717) is 0 Å². The Bertz CT molecular complexity index is 326. The van der Waals surface area contributed by atoms with Gasteiger partial charge < -0.3 is 9.32 Å². The van der Waals surface area contributed by atoms with E-state index in [1.807, 2.05) is 6.92 Å². The van der Waals surface area contributed by atoms with Crippen molar-refractivity contribution in [3.05, 3.63) is 23.1 Å². The smallest absolute Gasteiger partial charge is 0.289 e. The fraction of sp³-hybridized carbons (Fsp3) is 0.444. The van der Waals surface area contributed by atoms with Gasteiger partial charge in [0.25, 0.3) is 5.91 Å². The molecule has 1 unspecified atom stereocenters. The van der Waals surface area contributed by atoms with Gasteiger partial charge in [0.05, 0.1) is 0 Å². The Labute approximate surface area is 96.1 Å². The first-order chi connectivity index (χ1) is 6.56. The molecule has 14 heavy (non-hydrogen) atoms. The molecule has 5 heteroatoms. The molecule has 0 fully saturated rings. The van der Waals surface area contributed by atoms with Gasteiger partial charge in [-0.1, -0.05) is 15.9 Å². The zero-order valence-electron chi connectivity index (χ0n) is 7.96. The van der Waals surface area contributed by atoms with Crippen LogP contribution >= 0.6 is 27.5 Å². The molecule has 1 rings (SSSR count). The molecule has 78 valence electrons. The molecule has 0 bridgehead atoms. The van der Waals surface area contributed by atoms with Crippen molar-refractivity contribution in [2.75, 3.05) is 12.4 Å². The van der Waals surface area contributed by atoms with E-state index in [2.05, 4.69) is 15.9 Å². The van der Waals surface area contributed by atoms with Crippen LogP contribution in [-0.2, 0) is 0 Å². The molecule has 0 saturated carbocycles. The van der Waals surface area contributed by atoms with Gasteiger partial charge in [-0.2, -0.15) is 0 Å². The molecule has 0 saturated heterocycles. The fourth-order valence-electron chi connectivity index (χ4n) is 0.907. The molecule has 0 radical (unpaired) electrons. The number of hydrogen-bond acceptors (Lipinski definition) is 2. The van der Waals surface area contributed by atoms with Gasteiger partial charge >= 0.3 is 0 Å². The minimum absolute atomic E-state index is 0.117. The van der Waals surface area contributed by atoms with Crippen molar-refractivity contribution in [2.45, 2.75) is 13.0 Å². The van der Waals surface area contributed by atoms with Crippen LogP contribution in [0.2, 0.25) is 5.22 Å². The summed E-state index contributed by atoms with van der Waals surface area (Å²) in [4.78, 5) is 13.3. The van der Waals surface area contributed by atoms with Crippen LogP contribution in [0.25, 0.3) is 0 Å². The van der Waals surface area contributed by atoms with Crippen molar-refractivity contribution >= 4 is 33.4 Å². The van der Waals surface area contributed by atoms with Gasteiger partial charge in [-0.15, -0.1) is 0 Å². The second kappa shape index (κ2) is 4.84. The maximum Gasteiger partial charge on any atom is 0.289 e. The van der Waals surface area contributed by atoms with Crippen LogP contribution < -0.4 is 0 Å². The predicted octanol–water partition coefficient (Wildman–Crippen LogP) is 2.79. The zero-order valence-corrected chi connectivity index (χ0v) is 10.3. The number of nitrogens with zero attached hydrogens (tertiary/aromatic N) is 1. The fourth-order valence-corrected chi connectivity index (χ4v) is 1.49. The number of rotatable bonds is 3. The van der Waals surface area contributed by atoms with Gasteiger partial charge in [0.1, 0.15) is 0 Å². The first-order valence-corrected chi connectivity index (χ1v) is 5.64. The summed E-state index contributed by atoms with van der Waals surface area (Å²) in [6, 6.07) is 3.25. The van der Waals surface area contributed by atoms with E-state index >= 15 is 0 Å². The predicted molar refractivity (Wildman–Crippen MR) is 59.1 cm³/mol. The Morgan fingerprint density at radius 3 is 2.79 bits per heavy atom. The van der Waals surface area contributed by atoms with Crippen LogP contribution in [0.4, 0.5) is 0 Å². The van der Waals surface area contributed by atoms with Crippen LogP contribution in [0.1, 0.15) is 17.5 Å². The molecule has 0 N–H and O–H groups in total. The van der Waals surface area contributed by atoms with Crippen LogP contribution in [0.3, 0.4) is 0 Å². The quantitative estimate of drug-likeness (QED) is 0.798. The lowest BCUT2D eigenvalue weighted by molar-refractivity contribution is 0.0726. The van der Waals surface area contributed by atoms with Crippen LogP contribution in [0.15, 0.2) is 16.5 Å². The largest absolute Gasteiger partial charge is 0.440 e. The molecular formula is C9H11BrClNO2. The number of amides is 1. The molecule has 1 atom stereocenters. The maximum absolute atomic E-state index is 11.7. The molecule has 0 aliphatic carbocycles. The molecule has 1 aromatic heterocycles. The number of carbonyl (C=O) groups is 1. The van der Waals surface area contributed by atoms with E-state index < -0.39 is 0 Å². The van der Waals surface area contributed by atoms with Gasteiger partial charge in [0.2, 0.25) is 0 Å². The third-order valence-corrected chi connectivity index (χ3v) is 3.13. The summed E-state index contributed by atoms with van der Waals surface area (Å²) in [7, 11) is 1.73. The summed E-state index contributed by atoms with van der Waals surface area (Å²) >= 11 is 8.89. The van der Waals surface area contributed by atoms with Crippen molar-refractivity contribution in [3.8, 4) is 0 Å². The van der Waals surface area contributed by atoms with Crippen molar-refractivity contribution in [3.63, 3.8) is 0 Å². The van der Waals surface area contributed by atoms with Crippen molar-refractivity contribution in [1.29, 1.82) is 0 Å². The molecule has 0 aliphatic heterocycles. The number of hydrogen-bond donors (Lipinski definition) is 0. The van der Waals surface area contributed by atoms with Gasteiger partial charge in [-0.05, 0) is 30.7 Å². The van der Waals surface area contributed by atoms with E-state index in [4.69, 9.17) is 16.0 Å². The monoisotopic (exact) mass is 279 g/mol. The van der Waals surface area contributed by atoms with E-state index in [0.717, 1.165) is 5.33 Å². The normalized spacial score (nSPS) is 12.6. The summed E-state index contributed by atoms with van der Waals surface area (Å²) < 4.78 is 5.02. The number of halogens is 2. The average Bonchev–Trinajstić information content (AvgIpc) is 2.61. The standard InChI is InChI=1S/C9H11BrClNO2/c1-6(5-10)12(2)9(13)7-3-4-8(11)14-7/h3-4,6H,5H2,1-2H3. The second-order valence-electron chi connectivity index (χ2n) is 3.02. The summed E-state index contributed by atoms with van der Waals surface area (Å²) in [5.41, 5.74) is 0. The highest BCUT2D eigenvalue weighted by molar-refractivity contribution is 9.09. The molecule has 3 nitrogen and oxygen atoms in total. The minimum atomic E-state index is -0.163. The highest BCUT2D eigenvalue weighted by Crippen LogP contribution is 2.15. The summed E-state index contributed by atoms with van der Waals surface area (Å²) in [6.07, 6.45) is 0. The molecule has 0 spiro atoms. The first kappa shape index (κ1) is 11.6. The Morgan fingerprint density at radius 1 is 1.71 bits per heavy atom. The lowest BCUT2D eigenvalue weighted by atomic mass is 10.3. The number of furan rings is 1. The molecule has 1 aromatic rings. The van der Waals surface area contributed by atoms with E-state index in [1.165, 1.54) is 0 Å². The molecule has 0 aromatic carbocycles. The summed E-state index contributed by atoms with van der Waals surface area (Å²) in [5, 5.41) is 0.956. The number of carbonyl (C=O) groups excluding carboxylic acids is 1. The molecular weight excluding hydrogens is 269 g/mol. The third kappa shape index (κ3) is 2.51. The lowest BCUT2D eigenvalue weighted by Crippen LogP contribution is -2.35. The third-order valence-electron chi connectivity index (χ3n) is 1.99. The van der Waals surface area contributed by atoms with E-state index in [9.17, 15) is 4.79 Å². The lowest BCUT2D eigenvalue weighted by Gasteiger charge is -2.21.